The molecule has 41 heavy (non-hydrogen) atoms. The Morgan fingerprint density at radius 3 is 2.73 bits per heavy atom. The minimum absolute atomic E-state index is 0.0166. The summed E-state index contributed by atoms with van der Waals surface area (Å²) in [4.78, 5) is 19.3. The number of dihydropyridines is 1. The number of thiazole rings is 1. The molecule has 2 fully saturated rings. The zero-order valence-electron chi connectivity index (χ0n) is 23.4. The Hall–Kier alpha value is -3.17. The van der Waals surface area contributed by atoms with Gasteiger partial charge in [0.15, 0.2) is 10.9 Å². The Morgan fingerprint density at radius 2 is 2.05 bits per heavy atom. The topological polar surface area (TPSA) is 83.3 Å². The Kier molecular flexibility index (Phi) is 6.50. The molecule has 7 nitrogen and oxygen atoms in total. The number of benzene rings is 1. The highest BCUT2D eigenvalue weighted by Crippen LogP contribution is 2.56. The molecule has 214 valence electrons. The summed E-state index contributed by atoms with van der Waals surface area (Å²) in [7, 11) is 0. The third kappa shape index (κ3) is 4.77. The molecule has 3 aromatic rings. The summed E-state index contributed by atoms with van der Waals surface area (Å²) < 4.78 is 21.6. The van der Waals surface area contributed by atoms with Crippen LogP contribution in [0.3, 0.4) is 0 Å². The molecule has 2 aliphatic carbocycles. The van der Waals surface area contributed by atoms with Gasteiger partial charge in [-0.05, 0) is 81.6 Å². The van der Waals surface area contributed by atoms with Crippen LogP contribution in [0, 0.1) is 11.2 Å². The van der Waals surface area contributed by atoms with E-state index < -0.39 is 5.82 Å². The van der Waals surface area contributed by atoms with E-state index in [0.29, 0.717) is 28.2 Å². The molecule has 1 saturated heterocycles. The van der Waals surface area contributed by atoms with Crippen molar-refractivity contribution in [2.24, 2.45) is 5.41 Å². The van der Waals surface area contributed by atoms with Gasteiger partial charge in [0.1, 0.15) is 17.0 Å². The van der Waals surface area contributed by atoms with Crippen molar-refractivity contribution in [3.63, 3.8) is 0 Å². The molecule has 1 aromatic carbocycles. The zero-order valence-corrected chi connectivity index (χ0v) is 25.0. The van der Waals surface area contributed by atoms with E-state index in [1.165, 1.54) is 23.0 Å². The number of fused-ring (bicyclic) bond motifs is 1. The largest absolute Gasteiger partial charge is 0.386 e. The summed E-state index contributed by atoms with van der Waals surface area (Å²) in [6, 6.07) is 3.02. The minimum Gasteiger partial charge on any atom is -0.386 e. The molecule has 0 unspecified atom stereocenters. The number of rotatable bonds is 6. The second-order valence-corrected chi connectivity index (χ2v) is 13.6. The molecule has 0 atom stereocenters. The predicted octanol–water partition coefficient (Wildman–Crippen LogP) is 6.97. The van der Waals surface area contributed by atoms with Crippen LogP contribution in [-0.4, -0.2) is 41.7 Å². The maximum atomic E-state index is 14.9. The van der Waals surface area contributed by atoms with Crippen molar-refractivity contribution in [1.82, 2.24) is 20.8 Å². The van der Waals surface area contributed by atoms with Gasteiger partial charge in [-0.25, -0.2) is 9.37 Å². The quantitative estimate of drug-likeness (QED) is 0.321. The summed E-state index contributed by atoms with van der Waals surface area (Å²) in [5.74, 6) is 0.741. The smallest absolute Gasteiger partial charge is 0.251 e. The highest BCUT2D eigenvalue weighted by molar-refractivity contribution is 7.22. The van der Waals surface area contributed by atoms with Crippen molar-refractivity contribution >= 4 is 55.3 Å². The van der Waals surface area contributed by atoms with Gasteiger partial charge < -0.3 is 20.1 Å². The predicted molar refractivity (Wildman–Crippen MR) is 162 cm³/mol. The molecule has 4 heterocycles. The van der Waals surface area contributed by atoms with E-state index in [4.69, 9.17) is 16.1 Å². The molecular formula is C31H33ClFN5O2S. The first-order valence-electron chi connectivity index (χ1n) is 14.4. The first kappa shape index (κ1) is 26.7. The Morgan fingerprint density at radius 1 is 1.29 bits per heavy atom. The number of nitrogens with one attached hydrogen (secondary N) is 2. The van der Waals surface area contributed by atoms with Crippen LogP contribution in [0.2, 0.25) is 0 Å². The van der Waals surface area contributed by atoms with E-state index in [0.717, 1.165) is 83.5 Å². The summed E-state index contributed by atoms with van der Waals surface area (Å²) >= 11 is 8.13. The van der Waals surface area contributed by atoms with Crippen molar-refractivity contribution in [2.75, 3.05) is 24.5 Å². The molecule has 0 bridgehead atoms. The molecule has 7 rings (SSSR count). The Balaban J connectivity index is 1.11. The average Bonchev–Trinajstić information content (AvgIpc) is 3.52. The van der Waals surface area contributed by atoms with E-state index in [1.807, 2.05) is 20.0 Å². The standard InChI is InChI=1S/C31H33ClFN5O2S/c1-16(2)35-29(39)19-10-22(33)26-23(11-19)41-30(36-26)38-8-6-31(7-9-38)12-20(13-31)25-27(37-40-28(25)18-4-5-18)24-17(3)14-34-15-21(24)32/h10-12,14,16,18,34H,4-9,13,15H2,1-3H3,(H,35,39). The van der Waals surface area contributed by atoms with Crippen LogP contribution in [0.5, 0.6) is 0 Å². The summed E-state index contributed by atoms with van der Waals surface area (Å²) in [5.41, 5.74) is 6.21. The fourth-order valence-electron chi connectivity index (χ4n) is 6.33. The van der Waals surface area contributed by atoms with Crippen LogP contribution in [0.15, 0.2) is 39.5 Å². The third-order valence-corrected chi connectivity index (χ3v) is 10.0. The third-order valence-electron chi connectivity index (χ3n) is 8.64. The van der Waals surface area contributed by atoms with Crippen LogP contribution in [-0.2, 0) is 0 Å². The number of aromatic nitrogens is 2. The van der Waals surface area contributed by atoms with E-state index in [9.17, 15) is 9.18 Å². The number of hydrogen-bond acceptors (Lipinski definition) is 7. The Bertz CT molecular complexity index is 1660. The minimum atomic E-state index is -0.455. The van der Waals surface area contributed by atoms with Gasteiger partial charge in [-0.1, -0.05) is 34.2 Å². The van der Waals surface area contributed by atoms with Crippen molar-refractivity contribution in [2.45, 2.75) is 64.8 Å². The first-order valence-corrected chi connectivity index (χ1v) is 15.6. The highest BCUT2D eigenvalue weighted by Gasteiger charge is 2.44. The van der Waals surface area contributed by atoms with E-state index >= 15 is 0 Å². The van der Waals surface area contributed by atoms with Crippen molar-refractivity contribution in [3.8, 4) is 0 Å². The fraction of sp³-hybridized carbons (Fsp3) is 0.452. The van der Waals surface area contributed by atoms with Crippen molar-refractivity contribution < 1.29 is 13.7 Å². The molecule has 0 radical (unpaired) electrons. The van der Waals surface area contributed by atoms with Crippen LogP contribution >= 0.6 is 22.9 Å². The first-order chi connectivity index (χ1) is 19.7. The van der Waals surface area contributed by atoms with Gasteiger partial charge in [0.2, 0.25) is 0 Å². The van der Waals surface area contributed by atoms with Gasteiger partial charge in [0.05, 0.1) is 11.2 Å². The fourth-order valence-corrected chi connectivity index (χ4v) is 7.71. The SMILES string of the molecule is CC1=CNCC(Cl)=C1c1noc(C2CC2)c1C1=CC2(CCN(c3nc4c(F)cc(C(=O)NC(C)C)cc4s3)CC2)C1. The number of carbonyl (C=O) groups excluding carboxylic acids is 1. The van der Waals surface area contributed by atoms with Crippen LogP contribution in [0.4, 0.5) is 9.52 Å². The molecule has 1 amide bonds. The number of piperidine rings is 1. The maximum absolute atomic E-state index is 14.9. The molecule has 1 saturated carbocycles. The summed E-state index contributed by atoms with van der Waals surface area (Å²) in [6.07, 6.45) is 9.72. The molecule has 10 heteroatoms. The number of nitrogens with zero attached hydrogens (tertiary/aromatic N) is 3. The summed E-state index contributed by atoms with van der Waals surface area (Å²) in [6.45, 7) is 8.13. The molecule has 2 aromatic heterocycles. The number of carbonyl (C=O) groups is 1. The molecule has 2 aliphatic heterocycles. The van der Waals surface area contributed by atoms with Crippen LogP contribution < -0.4 is 15.5 Å². The number of allylic oxidation sites excluding steroid dienone is 4. The number of hydrogen-bond donors (Lipinski definition) is 2. The normalized spacial score (nSPS) is 20.3. The van der Waals surface area contributed by atoms with Gasteiger partial charge in [-0.15, -0.1) is 0 Å². The second-order valence-electron chi connectivity index (χ2n) is 12.2. The molecule has 2 N–H and O–H groups in total. The van der Waals surface area contributed by atoms with Gasteiger partial charge in [0.25, 0.3) is 5.91 Å². The second kappa shape index (κ2) is 9.98. The molecular weight excluding hydrogens is 561 g/mol. The van der Waals surface area contributed by atoms with Gasteiger partial charge >= 0.3 is 0 Å². The van der Waals surface area contributed by atoms with Gasteiger partial charge in [0, 0.05) is 53.0 Å². The van der Waals surface area contributed by atoms with Gasteiger partial charge in [-0.2, -0.15) is 0 Å². The average molecular weight is 594 g/mol. The van der Waals surface area contributed by atoms with Gasteiger partial charge in [-0.3, -0.25) is 4.79 Å². The zero-order chi connectivity index (χ0) is 28.5. The van der Waals surface area contributed by atoms with Crippen LogP contribution in [0.1, 0.15) is 86.2 Å². The number of anilines is 1. The van der Waals surface area contributed by atoms with Crippen molar-refractivity contribution in [1.29, 1.82) is 0 Å². The maximum Gasteiger partial charge on any atom is 0.251 e. The monoisotopic (exact) mass is 593 g/mol. The molecule has 4 aliphatic rings. The number of amides is 1. The number of halogens is 2. The van der Waals surface area contributed by atoms with Crippen LogP contribution in [0.25, 0.3) is 21.4 Å². The van der Waals surface area contributed by atoms with Crippen molar-refractivity contribution in [3.05, 3.63) is 63.4 Å². The molecule has 1 spiro atoms. The lowest BCUT2D eigenvalue weighted by Gasteiger charge is -2.46. The highest BCUT2D eigenvalue weighted by atomic mass is 35.5. The van der Waals surface area contributed by atoms with E-state index in [-0.39, 0.29) is 17.4 Å². The lowest BCUT2D eigenvalue weighted by Crippen LogP contribution is -2.42. The Labute approximate surface area is 247 Å². The van der Waals surface area contributed by atoms with E-state index in [2.05, 4.69) is 38.7 Å². The lowest BCUT2D eigenvalue weighted by molar-refractivity contribution is 0.0943. The van der Waals surface area contributed by atoms with E-state index in [1.54, 1.807) is 6.07 Å². The lowest BCUT2D eigenvalue weighted by atomic mass is 9.63. The summed E-state index contributed by atoms with van der Waals surface area (Å²) in [5, 5.41) is 12.2.